The Kier molecular flexibility index (Phi) is 1.51. The minimum Gasteiger partial charge on any atom is -0.256 e. The van der Waals surface area contributed by atoms with E-state index >= 15 is 0 Å². The SMILES string of the molecule is c1ccc2cc3nccc-3ccc2c1. The smallest absolute Gasteiger partial charge is 0.0708 e. The molecule has 0 saturated carbocycles. The molecule has 0 N–H and O–H groups in total. The van der Waals surface area contributed by atoms with Crippen LogP contribution < -0.4 is 0 Å². The van der Waals surface area contributed by atoms with Crippen LogP contribution in [0.15, 0.2) is 54.7 Å². The number of benzene rings is 1. The maximum Gasteiger partial charge on any atom is 0.0708 e. The van der Waals surface area contributed by atoms with E-state index in [4.69, 9.17) is 0 Å². The third-order valence-corrected chi connectivity index (χ3v) is 2.49. The molecule has 0 spiro atoms. The van der Waals surface area contributed by atoms with Crippen molar-refractivity contribution in [3.8, 4) is 11.3 Å². The van der Waals surface area contributed by atoms with Gasteiger partial charge in [0.15, 0.2) is 0 Å². The summed E-state index contributed by atoms with van der Waals surface area (Å²) in [5.41, 5.74) is 2.26. The van der Waals surface area contributed by atoms with Gasteiger partial charge in [-0.2, -0.15) is 0 Å². The quantitative estimate of drug-likeness (QED) is 0.515. The molecule has 0 unspecified atom stereocenters. The van der Waals surface area contributed by atoms with E-state index in [1.165, 1.54) is 16.3 Å². The molecule has 1 aromatic rings. The Hall–Kier alpha value is -1.89. The van der Waals surface area contributed by atoms with Crippen molar-refractivity contribution in [3.05, 3.63) is 54.7 Å². The molecule has 0 bridgehead atoms. The zero-order valence-corrected chi connectivity index (χ0v) is 7.64. The molecule has 0 fully saturated rings. The summed E-state index contributed by atoms with van der Waals surface area (Å²) < 4.78 is 0. The lowest BCUT2D eigenvalue weighted by Crippen LogP contribution is -1.68. The van der Waals surface area contributed by atoms with Crippen molar-refractivity contribution < 1.29 is 0 Å². The van der Waals surface area contributed by atoms with Crippen molar-refractivity contribution in [1.82, 2.24) is 4.98 Å². The van der Waals surface area contributed by atoms with Gasteiger partial charge < -0.3 is 0 Å². The Bertz CT molecular complexity index is 557. The fourth-order valence-corrected chi connectivity index (χ4v) is 1.74. The molecule has 1 aromatic carbocycles. The minimum atomic E-state index is 1.06. The third-order valence-electron chi connectivity index (χ3n) is 2.49. The van der Waals surface area contributed by atoms with Gasteiger partial charge in [-0.15, -0.1) is 0 Å². The molecule has 1 aliphatic heterocycles. The van der Waals surface area contributed by atoms with Gasteiger partial charge in [0.05, 0.1) is 5.69 Å². The van der Waals surface area contributed by atoms with Crippen LogP contribution in [0.2, 0.25) is 0 Å². The highest BCUT2D eigenvalue weighted by molar-refractivity contribution is 5.86. The van der Waals surface area contributed by atoms with Gasteiger partial charge in [-0.3, -0.25) is 4.98 Å². The summed E-state index contributed by atoms with van der Waals surface area (Å²) in [5.74, 6) is 0. The molecular formula is C13H9N. The predicted octanol–water partition coefficient (Wildman–Crippen LogP) is 3.34. The lowest BCUT2D eigenvalue weighted by Gasteiger charge is -1.89. The van der Waals surface area contributed by atoms with Gasteiger partial charge in [0.25, 0.3) is 0 Å². The number of fused-ring (bicyclic) bond motifs is 2. The van der Waals surface area contributed by atoms with E-state index in [9.17, 15) is 0 Å². The number of nitrogens with zero attached hydrogens (tertiary/aromatic N) is 1. The topological polar surface area (TPSA) is 12.9 Å². The summed E-state index contributed by atoms with van der Waals surface area (Å²) >= 11 is 0. The number of aromatic nitrogens is 1. The van der Waals surface area contributed by atoms with Crippen LogP contribution in [0.4, 0.5) is 0 Å². The van der Waals surface area contributed by atoms with Crippen LogP contribution in [-0.2, 0) is 0 Å². The summed E-state index contributed by atoms with van der Waals surface area (Å²) in [6.07, 6.45) is 1.85. The largest absolute Gasteiger partial charge is 0.256 e. The van der Waals surface area contributed by atoms with E-state index in [1.54, 1.807) is 0 Å². The van der Waals surface area contributed by atoms with Gasteiger partial charge >= 0.3 is 0 Å². The van der Waals surface area contributed by atoms with Crippen LogP contribution in [0.1, 0.15) is 0 Å². The van der Waals surface area contributed by atoms with Crippen LogP contribution in [0.5, 0.6) is 0 Å². The van der Waals surface area contributed by atoms with E-state index in [-0.39, 0.29) is 0 Å². The zero-order valence-electron chi connectivity index (χ0n) is 7.64. The van der Waals surface area contributed by atoms with E-state index in [1.807, 2.05) is 12.3 Å². The molecule has 0 atom stereocenters. The molecule has 3 rings (SSSR count). The molecule has 0 aromatic heterocycles. The first kappa shape index (κ1) is 7.51. The van der Waals surface area contributed by atoms with Crippen LogP contribution in [0.25, 0.3) is 22.0 Å². The molecule has 14 heavy (non-hydrogen) atoms. The maximum atomic E-state index is 4.31. The molecule has 1 heterocycles. The molecule has 1 aliphatic carbocycles. The summed E-state index contributed by atoms with van der Waals surface area (Å²) in [6, 6.07) is 16.8. The molecule has 1 nitrogen and oxygen atoms in total. The summed E-state index contributed by atoms with van der Waals surface area (Å²) in [5, 5.41) is 2.49. The van der Waals surface area contributed by atoms with Crippen molar-refractivity contribution in [2.24, 2.45) is 0 Å². The second-order valence-electron chi connectivity index (χ2n) is 3.39. The number of hydrogen-bond acceptors (Lipinski definition) is 1. The molecule has 1 heteroatoms. The van der Waals surface area contributed by atoms with E-state index < -0.39 is 0 Å². The Labute approximate surface area is 82.4 Å². The predicted molar refractivity (Wildman–Crippen MR) is 58.4 cm³/mol. The van der Waals surface area contributed by atoms with Gasteiger partial charge in [0.2, 0.25) is 0 Å². The molecule has 0 saturated heterocycles. The number of rotatable bonds is 0. The van der Waals surface area contributed by atoms with Crippen LogP contribution in [-0.4, -0.2) is 4.98 Å². The molecular weight excluding hydrogens is 170 g/mol. The third kappa shape index (κ3) is 1.06. The average Bonchev–Trinajstić information content (AvgIpc) is 2.58. The first-order valence-corrected chi connectivity index (χ1v) is 4.67. The Balaban J connectivity index is 2.48. The highest BCUT2D eigenvalue weighted by Crippen LogP contribution is 2.23. The van der Waals surface area contributed by atoms with Crippen molar-refractivity contribution >= 4 is 10.8 Å². The van der Waals surface area contributed by atoms with Crippen LogP contribution in [0.3, 0.4) is 0 Å². The summed E-state index contributed by atoms with van der Waals surface area (Å²) in [4.78, 5) is 4.31. The standard InChI is InChI=1S/C13H9N/c1-2-4-12-9-13-11(7-8-14-13)6-5-10(12)3-1/h1-9H. The van der Waals surface area contributed by atoms with Gasteiger partial charge in [-0.1, -0.05) is 36.4 Å². The molecule has 66 valence electrons. The number of hydrogen-bond donors (Lipinski definition) is 0. The fraction of sp³-hybridized carbons (Fsp3) is 0. The first-order chi connectivity index (χ1) is 6.93. The molecule has 2 aliphatic rings. The van der Waals surface area contributed by atoms with E-state index in [2.05, 4.69) is 47.4 Å². The normalized spacial score (nSPS) is 10.9. The maximum absolute atomic E-state index is 4.31. The van der Waals surface area contributed by atoms with Crippen LogP contribution >= 0.6 is 0 Å². The van der Waals surface area contributed by atoms with Gasteiger partial charge in [0, 0.05) is 11.8 Å². The fourth-order valence-electron chi connectivity index (χ4n) is 1.74. The zero-order chi connectivity index (χ0) is 9.38. The average molecular weight is 179 g/mol. The summed E-state index contributed by atoms with van der Waals surface area (Å²) in [6.45, 7) is 0. The van der Waals surface area contributed by atoms with E-state index in [0.29, 0.717) is 0 Å². The van der Waals surface area contributed by atoms with Crippen LogP contribution in [0, 0.1) is 0 Å². The van der Waals surface area contributed by atoms with E-state index in [0.717, 1.165) is 5.69 Å². The summed E-state index contributed by atoms with van der Waals surface area (Å²) in [7, 11) is 0. The van der Waals surface area contributed by atoms with Crippen molar-refractivity contribution in [2.45, 2.75) is 0 Å². The first-order valence-electron chi connectivity index (χ1n) is 4.67. The second kappa shape index (κ2) is 2.81. The van der Waals surface area contributed by atoms with Crippen molar-refractivity contribution in [3.63, 3.8) is 0 Å². The Morgan fingerprint density at radius 2 is 1.64 bits per heavy atom. The van der Waals surface area contributed by atoms with Gasteiger partial charge in [-0.25, -0.2) is 0 Å². The van der Waals surface area contributed by atoms with Crippen molar-refractivity contribution in [2.75, 3.05) is 0 Å². The monoisotopic (exact) mass is 179 g/mol. The Morgan fingerprint density at radius 3 is 2.57 bits per heavy atom. The highest BCUT2D eigenvalue weighted by atomic mass is 14.7. The van der Waals surface area contributed by atoms with Gasteiger partial charge in [-0.05, 0) is 22.9 Å². The lowest BCUT2D eigenvalue weighted by atomic mass is 10.2. The van der Waals surface area contributed by atoms with Gasteiger partial charge in [0.1, 0.15) is 0 Å². The molecule has 0 radical (unpaired) electrons. The Morgan fingerprint density at radius 1 is 0.786 bits per heavy atom. The highest BCUT2D eigenvalue weighted by Gasteiger charge is 2.01. The lowest BCUT2D eigenvalue weighted by molar-refractivity contribution is 1.42. The van der Waals surface area contributed by atoms with Crippen molar-refractivity contribution in [1.29, 1.82) is 0 Å². The second-order valence-corrected chi connectivity index (χ2v) is 3.39. The molecule has 0 amide bonds. The minimum absolute atomic E-state index is 1.06.